The Morgan fingerprint density at radius 3 is 3.00 bits per heavy atom. The molecule has 2 rings (SSSR count). The van der Waals surface area contributed by atoms with E-state index in [1.54, 1.807) is 18.9 Å². The predicted octanol–water partition coefficient (Wildman–Crippen LogP) is 0.214. The Morgan fingerprint density at radius 1 is 1.56 bits per heavy atom. The zero-order valence-electron chi connectivity index (χ0n) is 10.1. The maximum absolute atomic E-state index is 12.2. The third-order valence-corrected chi connectivity index (χ3v) is 3.93. The van der Waals surface area contributed by atoms with E-state index < -0.39 is 6.10 Å². The van der Waals surface area contributed by atoms with Crippen molar-refractivity contribution in [1.29, 1.82) is 0 Å². The largest absolute Gasteiger partial charge is 0.392 e. The molecule has 1 heterocycles. The Morgan fingerprint density at radius 2 is 2.31 bits per heavy atom. The molecule has 0 radical (unpaired) electrons. The van der Waals surface area contributed by atoms with Gasteiger partial charge in [0, 0.05) is 13.6 Å². The van der Waals surface area contributed by atoms with Crippen molar-refractivity contribution in [2.75, 3.05) is 20.1 Å². The van der Waals surface area contributed by atoms with Crippen LogP contribution >= 0.6 is 0 Å². The molecule has 4 unspecified atom stereocenters. The standard InChI is InChI=1S/C12H22N2O2/c1-8(15)7-14(2)12(16)11-10-5-3-4-9(10)6-13-11/h8-11,13,15H,3-7H2,1-2H3. The van der Waals surface area contributed by atoms with Gasteiger partial charge in [-0.1, -0.05) is 6.42 Å². The molecule has 16 heavy (non-hydrogen) atoms. The Balaban J connectivity index is 1.94. The lowest BCUT2D eigenvalue weighted by Crippen LogP contribution is -2.46. The van der Waals surface area contributed by atoms with E-state index in [2.05, 4.69) is 5.32 Å². The third kappa shape index (κ3) is 2.23. The van der Waals surface area contributed by atoms with Crippen molar-refractivity contribution in [3.8, 4) is 0 Å². The van der Waals surface area contributed by atoms with Crippen LogP contribution in [0.15, 0.2) is 0 Å². The van der Waals surface area contributed by atoms with E-state index in [-0.39, 0.29) is 11.9 Å². The van der Waals surface area contributed by atoms with Crippen molar-refractivity contribution in [2.24, 2.45) is 11.8 Å². The molecule has 92 valence electrons. The number of amides is 1. The third-order valence-electron chi connectivity index (χ3n) is 3.93. The van der Waals surface area contributed by atoms with Gasteiger partial charge in [-0.05, 0) is 38.1 Å². The topological polar surface area (TPSA) is 52.6 Å². The number of hydrogen-bond donors (Lipinski definition) is 2. The summed E-state index contributed by atoms with van der Waals surface area (Å²) in [6.07, 6.45) is 3.26. The molecular formula is C12H22N2O2. The van der Waals surface area contributed by atoms with E-state index in [1.165, 1.54) is 19.3 Å². The van der Waals surface area contributed by atoms with Crippen molar-refractivity contribution in [1.82, 2.24) is 10.2 Å². The first-order valence-electron chi connectivity index (χ1n) is 6.26. The maximum atomic E-state index is 12.2. The average molecular weight is 226 g/mol. The van der Waals surface area contributed by atoms with Crippen LogP contribution in [0.2, 0.25) is 0 Å². The highest BCUT2D eigenvalue weighted by Crippen LogP contribution is 2.38. The van der Waals surface area contributed by atoms with E-state index in [1.807, 2.05) is 0 Å². The van der Waals surface area contributed by atoms with Gasteiger partial charge in [-0.2, -0.15) is 0 Å². The number of likely N-dealkylation sites (N-methyl/N-ethyl adjacent to an activating group) is 1. The van der Waals surface area contributed by atoms with E-state index >= 15 is 0 Å². The fraction of sp³-hybridized carbons (Fsp3) is 0.917. The van der Waals surface area contributed by atoms with Crippen molar-refractivity contribution < 1.29 is 9.90 Å². The van der Waals surface area contributed by atoms with Crippen molar-refractivity contribution in [3.05, 3.63) is 0 Å². The molecule has 0 bridgehead atoms. The Labute approximate surface area is 97.0 Å². The summed E-state index contributed by atoms with van der Waals surface area (Å²) in [5, 5.41) is 12.6. The molecule has 1 aliphatic heterocycles. The minimum absolute atomic E-state index is 0.00347. The van der Waals surface area contributed by atoms with Crippen LogP contribution in [0, 0.1) is 11.8 Å². The van der Waals surface area contributed by atoms with Gasteiger partial charge in [0.25, 0.3) is 0 Å². The molecule has 1 amide bonds. The van der Waals surface area contributed by atoms with E-state index in [9.17, 15) is 9.90 Å². The lowest BCUT2D eigenvalue weighted by atomic mass is 9.93. The first-order chi connectivity index (χ1) is 7.59. The predicted molar refractivity (Wildman–Crippen MR) is 61.9 cm³/mol. The summed E-state index contributed by atoms with van der Waals surface area (Å²) in [6, 6.07) is -0.00347. The van der Waals surface area contributed by atoms with Gasteiger partial charge in [0.1, 0.15) is 0 Å². The Hall–Kier alpha value is -0.610. The van der Waals surface area contributed by atoms with Gasteiger partial charge in [-0.15, -0.1) is 0 Å². The minimum Gasteiger partial charge on any atom is -0.392 e. The van der Waals surface area contributed by atoms with Crippen LogP contribution in [0.25, 0.3) is 0 Å². The number of fused-ring (bicyclic) bond motifs is 1. The SMILES string of the molecule is CC(O)CN(C)C(=O)C1NCC2CCCC21. The van der Waals surface area contributed by atoms with Crippen LogP contribution in [0.3, 0.4) is 0 Å². The first-order valence-corrected chi connectivity index (χ1v) is 6.26. The van der Waals surface area contributed by atoms with Gasteiger partial charge in [0.15, 0.2) is 0 Å². The summed E-state index contributed by atoms with van der Waals surface area (Å²) in [7, 11) is 1.78. The van der Waals surface area contributed by atoms with Gasteiger partial charge < -0.3 is 15.3 Å². The molecule has 0 spiro atoms. The van der Waals surface area contributed by atoms with Crippen LogP contribution in [-0.4, -0.2) is 48.2 Å². The number of aliphatic hydroxyl groups excluding tert-OH is 1. The molecule has 0 aromatic heterocycles. The van der Waals surface area contributed by atoms with Crippen molar-refractivity contribution >= 4 is 5.91 Å². The van der Waals surface area contributed by atoms with Gasteiger partial charge >= 0.3 is 0 Å². The van der Waals surface area contributed by atoms with Crippen molar-refractivity contribution in [2.45, 2.75) is 38.3 Å². The van der Waals surface area contributed by atoms with E-state index in [0.29, 0.717) is 18.4 Å². The van der Waals surface area contributed by atoms with Crippen LogP contribution in [0.5, 0.6) is 0 Å². The summed E-state index contributed by atoms with van der Waals surface area (Å²) in [4.78, 5) is 13.8. The molecule has 2 N–H and O–H groups in total. The molecule has 0 aromatic carbocycles. The second-order valence-electron chi connectivity index (χ2n) is 5.31. The zero-order valence-corrected chi connectivity index (χ0v) is 10.1. The van der Waals surface area contributed by atoms with Gasteiger partial charge in [-0.25, -0.2) is 0 Å². The number of nitrogens with zero attached hydrogens (tertiary/aromatic N) is 1. The smallest absolute Gasteiger partial charge is 0.239 e. The maximum Gasteiger partial charge on any atom is 0.239 e. The quantitative estimate of drug-likeness (QED) is 0.723. The second kappa shape index (κ2) is 4.72. The molecule has 2 fully saturated rings. The number of nitrogens with one attached hydrogen (secondary N) is 1. The average Bonchev–Trinajstić information content (AvgIpc) is 2.75. The molecule has 4 atom stereocenters. The highest BCUT2D eigenvalue weighted by Gasteiger charge is 2.43. The Kier molecular flexibility index (Phi) is 3.50. The lowest BCUT2D eigenvalue weighted by molar-refractivity contribution is -0.134. The summed E-state index contributed by atoms with van der Waals surface area (Å²) in [5.41, 5.74) is 0. The van der Waals surface area contributed by atoms with Crippen LogP contribution in [0.1, 0.15) is 26.2 Å². The highest BCUT2D eigenvalue weighted by molar-refractivity contribution is 5.82. The minimum atomic E-state index is -0.449. The van der Waals surface area contributed by atoms with Crippen molar-refractivity contribution in [3.63, 3.8) is 0 Å². The number of hydrogen-bond acceptors (Lipinski definition) is 3. The number of rotatable bonds is 3. The number of aliphatic hydroxyl groups is 1. The zero-order chi connectivity index (χ0) is 11.7. The number of carbonyl (C=O) groups is 1. The molecule has 0 aromatic rings. The van der Waals surface area contributed by atoms with Crippen LogP contribution in [0.4, 0.5) is 0 Å². The Bertz CT molecular complexity index is 268. The fourth-order valence-electron chi connectivity index (χ4n) is 3.18. The second-order valence-corrected chi connectivity index (χ2v) is 5.31. The van der Waals surface area contributed by atoms with E-state index in [4.69, 9.17) is 0 Å². The summed E-state index contributed by atoms with van der Waals surface area (Å²) in [5.74, 6) is 1.38. The van der Waals surface area contributed by atoms with Crippen LogP contribution in [-0.2, 0) is 4.79 Å². The van der Waals surface area contributed by atoms with Gasteiger partial charge in [0.2, 0.25) is 5.91 Å². The highest BCUT2D eigenvalue weighted by atomic mass is 16.3. The molecule has 1 aliphatic carbocycles. The normalized spacial score (nSPS) is 34.8. The molecular weight excluding hydrogens is 204 g/mol. The molecule has 4 nitrogen and oxygen atoms in total. The lowest BCUT2D eigenvalue weighted by Gasteiger charge is -2.25. The summed E-state index contributed by atoms with van der Waals surface area (Å²) >= 11 is 0. The van der Waals surface area contributed by atoms with Gasteiger partial charge in [0.05, 0.1) is 12.1 Å². The summed E-state index contributed by atoms with van der Waals surface area (Å²) in [6.45, 7) is 3.13. The van der Waals surface area contributed by atoms with Gasteiger partial charge in [-0.3, -0.25) is 4.79 Å². The fourth-order valence-corrected chi connectivity index (χ4v) is 3.18. The molecule has 1 saturated heterocycles. The molecule has 4 heteroatoms. The summed E-state index contributed by atoms with van der Waals surface area (Å²) < 4.78 is 0. The molecule has 1 saturated carbocycles. The monoisotopic (exact) mass is 226 g/mol. The van der Waals surface area contributed by atoms with E-state index in [0.717, 1.165) is 6.54 Å². The van der Waals surface area contributed by atoms with Crippen LogP contribution < -0.4 is 5.32 Å². The first kappa shape index (κ1) is 11.9. The number of carbonyl (C=O) groups excluding carboxylic acids is 1. The molecule has 2 aliphatic rings.